The van der Waals surface area contributed by atoms with Gasteiger partial charge in [-0.05, 0) is 36.8 Å². The maximum absolute atomic E-state index is 13.9. The lowest BCUT2D eigenvalue weighted by molar-refractivity contribution is -0.134. The number of nitrogens with zero attached hydrogens (tertiary/aromatic N) is 1. The zero-order valence-corrected chi connectivity index (χ0v) is 14.4. The highest BCUT2D eigenvalue weighted by Gasteiger charge is 2.52. The Bertz CT molecular complexity index is 723. The Labute approximate surface area is 142 Å². The van der Waals surface area contributed by atoms with Crippen LogP contribution in [-0.4, -0.2) is 37.5 Å². The molecule has 2 N–H and O–H groups in total. The molecule has 1 saturated carbocycles. The number of halogens is 1. The van der Waals surface area contributed by atoms with E-state index in [1.165, 1.54) is 10.4 Å². The van der Waals surface area contributed by atoms with Crippen molar-refractivity contribution in [3.05, 3.63) is 35.6 Å². The van der Waals surface area contributed by atoms with Crippen LogP contribution in [-0.2, 0) is 21.2 Å². The highest BCUT2D eigenvalue weighted by atomic mass is 32.2. The predicted molar refractivity (Wildman–Crippen MR) is 89.0 cm³/mol. The van der Waals surface area contributed by atoms with Gasteiger partial charge in [-0.25, -0.2) is 12.8 Å². The molecule has 1 heterocycles. The molecule has 7 heteroatoms. The summed E-state index contributed by atoms with van der Waals surface area (Å²) >= 11 is 0. The van der Waals surface area contributed by atoms with Gasteiger partial charge in [0, 0.05) is 13.1 Å². The summed E-state index contributed by atoms with van der Waals surface area (Å²) in [6.07, 6.45) is 4.19. The summed E-state index contributed by atoms with van der Waals surface area (Å²) in [6, 6.07) is 6.21. The van der Waals surface area contributed by atoms with Gasteiger partial charge < -0.3 is 5.73 Å². The molecule has 0 unspecified atom stereocenters. The average molecular weight is 354 g/mol. The minimum Gasteiger partial charge on any atom is -0.369 e. The molecule has 24 heavy (non-hydrogen) atoms. The van der Waals surface area contributed by atoms with E-state index in [1.807, 2.05) is 0 Å². The lowest BCUT2D eigenvalue weighted by Gasteiger charge is -2.47. The first-order chi connectivity index (χ1) is 11.3. The van der Waals surface area contributed by atoms with Gasteiger partial charge in [0.2, 0.25) is 15.9 Å². The van der Waals surface area contributed by atoms with E-state index in [2.05, 4.69) is 0 Å². The third-order valence-corrected chi connectivity index (χ3v) is 7.22. The molecule has 2 aliphatic rings. The number of benzene rings is 1. The van der Waals surface area contributed by atoms with Crippen LogP contribution in [0.15, 0.2) is 24.3 Å². The molecular weight excluding hydrogens is 331 g/mol. The lowest BCUT2D eigenvalue weighted by atomic mass is 9.75. The van der Waals surface area contributed by atoms with Crippen LogP contribution < -0.4 is 5.73 Å². The number of sulfonamides is 1. The van der Waals surface area contributed by atoms with Crippen LogP contribution in [0.1, 0.15) is 31.2 Å². The summed E-state index contributed by atoms with van der Waals surface area (Å²) < 4.78 is 40.2. The number of nitrogens with two attached hydrogens (primary N) is 1. The van der Waals surface area contributed by atoms with Crippen molar-refractivity contribution in [2.45, 2.75) is 32.1 Å². The van der Waals surface area contributed by atoms with E-state index in [9.17, 15) is 17.6 Å². The number of rotatable bonds is 6. The van der Waals surface area contributed by atoms with Crippen molar-refractivity contribution in [1.82, 2.24) is 4.31 Å². The van der Waals surface area contributed by atoms with Crippen LogP contribution in [0, 0.1) is 17.2 Å². The Morgan fingerprint density at radius 3 is 2.46 bits per heavy atom. The molecule has 132 valence electrons. The number of carbonyl (C=O) groups is 1. The van der Waals surface area contributed by atoms with Gasteiger partial charge in [-0.2, -0.15) is 4.31 Å². The highest BCUT2D eigenvalue weighted by Crippen LogP contribution is 2.38. The fourth-order valence-corrected chi connectivity index (χ4v) is 5.79. The third kappa shape index (κ3) is 3.32. The van der Waals surface area contributed by atoms with Crippen molar-refractivity contribution in [3.63, 3.8) is 0 Å². The molecule has 0 atom stereocenters. The van der Waals surface area contributed by atoms with E-state index in [0.717, 1.165) is 25.7 Å². The fraction of sp³-hybridized carbons (Fsp3) is 0.588. The molecule has 1 aliphatic heterocycles. The quantitative estimate of drug-likeness (QED) is 0.844. The van der Waals surface area contributed by atoms with Crippen molar-refractivity contribution >= 4 is 15.9 Å². The SMILES string of the molecule is NC(=O)C1(Cc2ccccc2F)CN(S(=O)(=O)CC2CCCC2)C1. The topological polar surface area (TPSA) is 80.5 Å². The highest BCUT2D eigenvalue weighted by molar-refractivity contribution is 7.89. The average Bonchev–Trinajstić information content (AvgIpc) is 2.95. The summed E-state index contributed by atoms with van der Waals surface area (Å²) in [5, 5.41) is 0. The molecule has 3 rings (SSSR count). The van der Waals surface area contributed by atoms with Crippen LogP contribution in [0.25, 0.3) is 0 Å². The molecular formula is C17H23FN2O3S. The number of primary amides is 1. The maximum Gasteiger partial charge on any atom is 0.226 e. The number of carbonyl (C=O) groups excluding carboxylic acids is 1. The van der Waals surface area contributed by atoms with E-state index < -0.39 is 27.2 Å². The molecule has 1 aromatic rings. The Morgan fingerprint density at radius 2 is 1.88 bits per heavy atom. The van der Waals surface area contributed by atoms with E-state index >= 15 is 0 Å². The second-order valence-corrected chi connectivity index (χ2v) is 9.12. The first-order valence-electron chi connectivity index (χ1n) is 8.34. The summed E-state index contributed by atoms with van der Waals surface area (Å²) in [5.74, 6) is -0.616. The Kier molecular flexibility index (Phi) is 4.66. The van der Waals surface area contributed by atoms with Crippen LogP contribution in [0.5, 0.6) is 0 Å². The van der Waals surface area contributed by atoms with Crippen molar-refractivity contribution in [2.75, 3.05) is 18.8 Å². The van der Waals surface area contributed by atoms with E-state index in [4.69, 9.17) is 5.73 Å². The number of hydrogen-bond donors (Lipinski definition) is 1. The van der Waals surface area contributed by atoms with Crippen molar-refractivity contribution in [1.29, 1.82) is 0 Å². The largest absolute Gasteiger partial charge is 0.369 e. The molecule has 1 aliphatic carbocycles. The standard InChI is InChI=1S/C17H23FN2O3S/c18-15-8-4-3-7-14(15)9-17(16(19)21)11-20(12-17)24(22,23)10-13-5-1-2-6-13/h3-4,7-8,13H,1-2,5-6,9-12H2,(H2,19,21). The van der Waals surface area contributed by atoms with Crippen LogP contribution >= 0.6 is 0 Å². The Balaban J connectivity index is 1.70. The van der Waals surface area contributed by atoms with Gasteiger partial charge in [0.25, 0.3) is 0 Å². The zero-order chi connectivity index (χ0) is 17.4. The minimum atomic E-state index is -3.38. The molecule has 0 spiro atoms. The minimum absolute atomic E-state index is 0.0473. The molecule has 2 fully saturated rings. The van der Waals surface area contributed by atoms with Crippen LogP contribution in [0.3, 0.4) is 0 Å². The van der Waals surface area contributed by atoms with Gasteiger partial charge in [-0.3, -0.25) is 4.79 Å². The summed E-state index contributed by atoms with van der Waals surface area (Å²) in [6.45, 7) is 0.0947. The molecule has 0 aromatic heterocycles. The molecule has 5 nitrogen and oxygen atoms in total. The van der Waals surface area contributed by atoms with Crippen molar-refractivity contribution in [2.24, 2.45) is 17.1 Å². The first kappa shape index (κ1) is 17.4. The van der Waals surface area contributed by atoms with Crippen molar-refractivity contribution in [3.8, 4) is 0 Å². The monoisotopic (exact) mass is 354 g/mol. The maximum atomic E-state index is 13.9. The Hall–Kier alpha value is -1.47. The summed E-state index contributed by atoms with van der Waals surface area (Å²) in [4.78, 5) is 11.9. The van der Waals surface area contributed by atoms with Crippen molar-refractivity contribution < 1.29 is 17.6 Å². The zero-order valence-electron chi connectivity index (χ0n) is 13.6. The lowest BCUT2D eigenvalue weighted by Crippen LogP contribution is -2.65. The molecule has 1 saturated heterocycles. The van der Waals surface area contributed by atoms with E-state index in [-0.39, 0.29) is 31.2 Å². The fourth-order valence-electron chi connectivity index (χ4n) is 3.77. The summed E-state index contributed by atoms with van der Waals surface area (Å²) in [7, 11) is -3.38. The first-order valence-corrected chi connectivity index (χ1v) is 9.94. The predicted octanol–water partition coefficient (Wildman–Crippen LogP) is 1.68. The van der Waals surface area contributed by atoms with E-state index in [1.54, 1.807) is 18.2 Å². The molecule has 0 radical (unpaired) electrons. The van der Waals surface area contributed by atoms with Gasteiger partial charge in [0.05, 0.1) is 11.2 Å². The smallest absolute Gasteiger partial charge is 0.226 e. The number of hydrogen-bond acceptors (Lipinski definition) is 3. The van der Waals surface area contributed by atoms with E-state index in [0.29, 0.717) is 5.56 Å². The van der Waals surface area contributed by atoms with Gasteiger partial charge in [-0.15, -0.1) is 0 Å². The number of amides is 1. The third-order valence-electron chi connectivity index (χ3n) is 5.28. The van der Waals surface area contributed by atoms with Gasteiger partial charge in [-0.1, -0.05) is 31.0 Å². The second kappa shape index (κ2) is 6.44. The Morgan fingerprint density at radius 1 is 1.25 bits per heavy atom. The normalized spacial score (nSPS) is 21.5. The molecule has 1 amide bonds. The molecule has 0 bridgehead atoms. The summed E-state index contributed by atoms with van der Waals surface area (Å²) in [5.41, 5.74) is 4.90. The van der Waals surface area contributed by atoms with Gasteiger partial charge in [0.1, 0.15) is 5.82 Å². The van der Waals surface area contributed by atoms with Gasteiger partial charge >= 0.3 is 0 Å². The van der Waals surface area contributed by atoms with Crippen LogP contribution in [0.4, 0.5) is 4.39 Å². The van der Waals surface area contributed by atoms with Crippen LogP contribution in [0.2, 0.25) is 0 Å². The molecule has 1 aromatic carbocycles. The second-order valence-electron chi connectivity index (χ2n) is 7.11. The van der Waals surface area contributed by atoms with Gasteiger partial charge in [0.15, 0.2) is 0 Å².